The molecule has 196 valence electrons. The molecule has 2 aliphatic heterocycles. The third-order valence-corrected chi connectivity index (χ3v) is 9.08. The van der Waals surface area contributed by atoms with Gasteiger partial charge < -0.3 is 25.4 Å². The Kier molecular flexibility index (Phi) is 6.16. The van der Waals surface area contributed by atoms with Gasteiger partial charge in [-0.15, -0.1) is 0 Å². The van der Waals surface area contributed by atoms with Crippen LogP contribution in [0, 0.1) is 11.8 Å². The van der Waals surface area contributed by atoms with Gasteiger partial charge >= 0.3 is 0 Å². The summed E-state index contributed by atoms with van der Waals surface area (Å²) in [7, 11) is 0. The van der Waals surface area contributed by atoms with E-state index in [0.29, 0.717) is 31.5 Å². The first-order valence-electron chi connectivity index (χ1n) is 13.0. The van der Waals surface area contributed by atoms with Crippen molar-refractivity contribution in [2.45, 2.75) is 57.8 Å². The number of pyridine rings is 1. The van der Waals surface area contributed by atoms with Gasteiger partial charge in [0, 0.05) is 43.5 Å². The Hall–Kier alpha value is -3.02. The zero-order valence-corrected chi connectivity index (χ0v) is 21.8. The number of aliphatic hydroxyl groups excluding tert-OH is 2. The van der Waals surface area contributed by atoms with Gasteiger partial charge in [-0.2, -0.15) is 0 Å². The summed E-state index contributed by atoms with van der Waals surface area (Å²) in [5.41, 5.74) is 3.57. The summed E-state index contributed by atoms with van der Waals surface area (Å²) < 4.78 is 0. The summed E-state index contributed by atoms with van der Waals surface area (Å²) in [5.74, 6) is 0.355. The van der Waals surface area contributed by atoms with E-state index >= 15 is 0 Å². The summed E-state index contributed by atoms with van der Waals surface area (Å²) in [6.07, 6.45) is 5.22. The Morgan fingerprint density at radius 1 is 1.16 bits per heavy atom. The molecule has 1 aliphatic carbocycles. The van der Waals surface area contributed by atoms with E-state index in [1.54, 1.807) is 9.80 Å². The quantitative estimate of drug-likeness (QED) is 0.403. The number of rotatable bonds is 5. The highest BCUT2D eigenvalue weighted by molar-refractivity contribution is 7.19. The van der Waals surface area contributed by atoms with E-state index in [1.807, 2.05) is 18.5 Å². The average Bonchev–Trinajstić information content (AvgIpc) is 3.64. The van der Waals surface area contributed by atoms with Gasteiger partial charge in [0.05, 0.1) is 16.9 Å². The zero-order chi connectivity index (χ0) is 25.8. The van der Waals surface area contributed by atoms with Crippen molar-refractivity contribution in [1.29, 1.82) is 0 Å². The van der Waals surface area contributed by atoms with Gasteiger partial charge in [0.2, 0.25) is 0 Å². The molecule has 0 spiro atoms. The van der Waals surface area contributed by atoms with Crippen LogP contribution in [0.3, 0.4) is 0 Å². The predicted octanol–water partition coefficient (Wildman–Crippen LogP) is 2.38. The number of fused-ring (bicyclic) bond motifs is 3. The van der Waals surface area contributed by atoms with E-state index < -0.39 is 12.2 Å². The molecule has 2 fully saturated rings. The molecule has 0 aromatic carbocycles. The summed E-state index contributed by atoms with van der Waals surface area (Å²) in [6.45, 7) is 5.01. The van der Waals surface area contributed by atoms with Crippen molar-refractivity contribution < 1.29 is 19.8 Å². The van der Waals surface area contributed by atoms with E-state index in [4.69, 9.17) is 4.98 Å². The second kappa shape index (κ2) is 9.38. The van der Waals surface area contributed by atoms with Crippen LogP contribution in [-0.4, -0.2) is 79.8 Å². The number of aromatic nitrogens is 3. The van der Waals surface area contributed by atoms with Crippen LogP contribution in [0.2, 0.25) is 0 Å². The molecular formula is C26H32N6O4S. The first-order valence-corrected chi connectivity index (χ1v) is 13.8. The standard InChI is InChI=1S/C26H32N6O4S/c1-13(33)24(35)31-11-15-8-17(9-16(15)12-31)29-21-18-5-6-27-22(18)28-10-19(21)23-30-20-4-3-7-32(26(20)37-23)25(36)14(2)34/h5-6,10,13-17,33-34H,3-4,7-9,11-12H2,1-2H3,(H2,27,28,29)/t13-,14-,15-,16+,17?/m0/s1. The second-order valence-electron chi connectivity index (χ2n) is 10.6. The molecule has 1 saturated heterocycles. The molecule has 3 aromatic heterocycles. The van der Waals surface area contributed by atoms with Crippen molar-refractivity contribution in [1.82, 2.24) is 19.9 Å². The molecule has 2 amide bonds. The summed E-state index contributed by atoms with van der Waals surface area (Å²) in [6, 6.07) is 2.27. The third kappa shape index (κ3) is 4.28. The number of aryl methyl sites for hydroxylation is 1. The Morgan fingerprint density at radius 2 is 1.89 bits per heavy atom. The van der Waals surface area contributed by atoms with Crippen LogP contribution in [0.4, 0.5) is 10.7 Å². The van der Waals surface area contributed by atoms with Crippen LogP contribution in [0.25, 0.3) is 21.6 Å². The van der Waals surface area contributed by atoms with Gasteiger partial charge in [-0.3, -0.25) is 14.5 Å². The van der Waals surface area contributed by atoms with Crippen LogP contribution in [-0.2, 0) is 16.0 Å². The van der Waals surface area contributed by atoms with Crippen LogP contribution in [0.15, 0.2) is 18.5 Å². The lowest BCUT2D eigenvalue weighted by atomic mass is 10.0. The maximum atomic E-state index is 12.6. The lowest BCUT2D eigenvalue weighted by Crippen LogP contribution is -2.40. The summed E-state index contributed by atoms with van der Waals surface area (Å²) in [4.78, 5) is 41.1. The lowest BCUT2D eigenvalue weighted by molar-refractivity contribution is -0.138. The highest BCUT2D eigenvalue weighted by Gasteiger charge is 2.43. The second-order valence-corrected chi connectivity index (χ2v) is 11.6. The predicted molar refractivity (Wildman–Crippen MR) is 141 cm³/mol. The van der Waals surface area contributed by atoms with Crippen molar-refractivity contribution in [3.8, 4) is 10.6 Å². The van der Waals surface area contributed by atoms with Crippen molar-refractivity contribution in [2.75, 3.05) is 29.9 Å². The SMILES string of the molecule is C[C@H](O)C(=O)N1C[C@H]2CC(Nc3c(-c4nc5c(s4)N(C(=O)[C@H](C)O)CCC5)cnc4[nH]ccc34)C[C@H]2C1. The fraction of sp³-hybridized carbons (Fsp3) is 0.538. The summed E-state index contributed by atoms with van der Waals surface area (Å²) >= 11 is 1.47. The number of amides is 2. The molecule has 5 heterocycles. The van der Waals surface area contributed by atoms with Crippen molar-refractivity contribution in [3.63, 3.8) is 0 Å². The topological polar surface area (TPSA) is 135 Å². The number of likely N-dealkylation sites (tertiary alicyclic amines) is 1. The molecule has 10 nitrogen and oxygen atoms in total. The fourth-order valence-electron chi connectivity index (χ4n) is 6.17. The van der Waals surface area contributed by atoms with E-state index in [2.05, 4.69) is 15.3 Å². The Balaban J connectivity index is 1.28. The third-order valence-electron chi connectivity index (χ3n) is 7.93. The number of nitrogens with zero attached hydrogens (tertiary/aromatic N) is 4. The number of hydrogen-bond acceptors (Lipinski definition) is 8. The molecule has 1 saturated carbocycles. The van der Waals surface area contributed by atoms with Crippen LogP contribution in [0.1, 0.15) is 38.8 Å². The first kappa shape index (κ1) is 24.3. The highest BCUT2D eigenvalue weighted by atomic mass is 32.1. The van der Waals surface area contributed by atoms with Gasteiger partial charge in [0.15, 0.2) is 0 Å². The Bertz CT molecular complexity index is 1340. The minimum absolute atomic E-state index is 0.180. The van der Waals surface area contributed by atoms with Crippen molar-refractivity contribution in [2.24, 2.45) is 11.8 Å². The van der Waals surface area contributed by atoms with Gasteiger partial charge in [-0.05, 0) is 57.4 Å². The Morgan fingerprint density at radius 3 is 2.59 bits per heavy atom. The van der Waals surface area contributed by atoms with E-state index in [-0.39, 0.29) is 17.9 Å². The largest absolute Gasteiger partial charge is 0.384 e. The van der Waals surface area contributed by atoms with Crippen molar-refractivity contribution in [3.05, 3.63) is 24.2 Å². The summed E-state index contributed by atoms with van der Waals surface area (Å²) in [5, 5.41) is 26.0. The number of aromatic amines is 1. The molecule has 0 radical (unpaired) electrons. The molecule has 3 aromatic rings. The van der Waals surface area contributed by atoms with E-state index in [0.717, 1.165) is 63.7 Å². The van der Waals surface area contributed by atoms with E-state index in [1.165, 1.54) is 25.2 Å². The Labute approximate surface area is 218 Å². The smallest absolute Gasteiger partial charge is 0.256 e. The number of anilines is 2. The maximum Gasteiger partial charge on any atom is 0.256 e. The first-order chi connectivity index (χ1) is 17.8. The fourth-order valence-corrected chi connectivity index (χ4v) is 7.33. The number of thiazole rings is 1. The molecule has 6 rings (SSSR count). The number of nitrogens with one attached hydrogen (secondary N) is 2. The minimum atomic E-state index is -1.06. The lowest BCUT2D eigenvalue weighted by Gasteiger charge is -2.26. The number of carbonyl (C=O) groups is 2. The molecule has 4 N–H and O–H groups in total. The van der Waals surface area contributed by atoms with Gasteiger partial charge in [0.25, 0.3) is 11.8 Å². The van der Waals surface area contributed by atoms with Gasteiger partial charge in [0.1, 0.15) is 27.9 Å². The van der Waals surface area contributed by atoms with Crippen LogP contribution >= 0.6 is 11.3 Å². The molecule has 3 aliphatic rings. The minimum Gasteiger partial charge on any atom is -0.384 e. The normalized spacial score (nSPS) is 24.7. The van der Waals surface area contributed by atoms with Crippen molar-refractivity contribution >= 4 is 44.9 Å². The number of aliphatic hydroxyl groups is 2. The van der Waals surface area contributed by atoms with Gasteiger partial charge in [-0.25, -0.2) is 9.97 Å². The average molecular weight is 525 g/mol. The molecule has 1 unspecified atom stereocenters. The molecule has 5 atom stereocenters. The molecule has 0 bridgehead atoms. The van der Waals surface area contributed by atoms with Gasteiger partial charge in [-0.1, -0.05) is 11.3 Å². The zero-order valence-electron chi connectivity index (χ0n) is 21.0. The van der Waals surface area contributed by atoms with Crippen LogP contribution in [0.5, 0.6) is 0 Å². The number of H-pyrrole nitrogens is 1. The molecule has 11 heteroatoms. The number of hydrogen-bond donors (Lipinski definition) is 4. The molecule has 37 heavy (non-hydrogen) atoms. The number of carbonyl (C=O) groups excluding carboxylic acids is 2. The maximum absolute atomic E-state index is 12.6. The van der Waals surface area contributed by atoms with Crippen LogP contribution < -0.4 is 10.2 Å². The monoisotopic (exact) mass is 524 g/mol. The van der Waals surface area contributed by atoms with E-state index in [9.17, 15) is 19.8 Å². The highest BCUT2D eigenvalue weighted by Crippen LogP contribution is 2.44. The molecular weight excluding hydrogens is 492 g/mol.